The number of nitrogens with zero attached hydrogens (tertiary/aromatic N) is 4. The van der Waals surface area contributed by atoms with Crippen LogP contribution in [0.1, 0.15) is 24.5 Å². The lowest BCUT2D eigenvalue weighted by molar-refractivity contribution is 0.0633. The number of carbonyl (C=O) groups excluding carboxylic acids is 2. The fourth-order valence-corrected chi connectivity index (χ4v) is 4.44. The Kier molecular flexibility index (Phi) is 5.75. The second-order valence-corrected chi connectivity index (χ2v) is 8.38. The molecule has 3 heterocycles. The Morgan fingerprint density at radius 1 is 1.00 bits per heavy atom. The zero-order chi connectivity index (χ0) is 19.3. The highest BCUT2D eigenvalue weighted by Gasteiger charge is 2.23. The van der Waals surface area contributed by atoms with E-state index in [1.54, 1.807) is 0 Å². The van der Waals surface area contributed by atoms with Crippen molar-refractivity contribution in [1.82, 2.24) is 20.0 Å². The predicted octanol–water partition coefficient (Wildman–Crippen LogP) is 2.81. The molecule has 1 aliphatic heterocycles. The number of carbonyl (C=O) groups is 2. The van der Waals surface area contributed by atoms with Crippen LogP contribution >= 0.6 is 22.7 Å². The molecular formula is C19H19N5O2S2. The SMILES string of the molecule is O=C(Nc1ccccc1)c1nnc(CN2CCN(C(=O)c3cccs3)CC2)s1. The van der Waals surface area contributed by atoms with Crippen molar-refractivity contribution in [2.75, 3.05) is 31.5 Å². The second-order valence-electron chi connectivity index (χ2n) is 6.37. The number of hydrogen-bond donors (Lipinski definition) is 1. The Hall–Kier alpha value is -2.62. The Morgan fingerprint density at radius 3 is 2.50 bits per heavy atom. The van der Waals surface area contributed by atoms with Gasteiger partial charge >= 0.3 is 0 Å². The van der Waals surface area contributed by atoms with Crippen LogP contribution in [0.4, 0.5) is 5.69 Å². The van der Waals surface area contributed by atoms with Crippen LogP contribution in [-0.2, 0) is 6.54 Å². The van der Waals surface area contributed by atoms with Crippen LogP contribution in [0.25, 0.3) is 0 Å². The third-order valence-electron chi connectivity index (χ3n) is 4.44. The highest BCUT2D eigenvalue weighted by Crippen LogP contribution is 2.17. The first-order valence-electron chi connectivity index (χ1n) is 8.93. The zero-order valence-corrected chi connectivity index (χ0v) is 16.7. The van der Waals surface area contributed by atoms with Gasteiger partial charge in [0.15, 0.2) is 0 Å². The molecule has 28 heavy (non-hydrogen) atoms. The Morgan fingerprint density at radius 2 is 1.79 bits per heavy atom. The fraction of sp³-hybridized carbons (Fsp3) is 0.263. The molecule has 4 rings (SSSR count). The summed E-state index contributed by atoms with van der Waals surface area (Å²) < 4.78 is 0. The van der Waals surface area contributed by atoms with E-state index in [1.165, 1.54) is 22.7 Å². The van der Waals surface area contributed by atoms with Crippen LogP contribution in [0.2, 0.25) is 0 Å². The number of benzene rings is 1. The fourth-order valence-electron chi connectivity index (χ4n) is 2.97. The van der Waals surface area contributed by atoms with Crippen molar-refractivity contribution in [3.05, 3.63) is 62.7 Å². The molecule has 144 valence electrons. The summed E-state index contributed by atoms with van der Waals surface area (Å²) >= 11 is 2.78. The van der Waals surface area contributed by atoms with E-state index in [0.717, 1.165) is 28.7 Å². The van der Waals surface area contributed by atoms with Crippen LogP contribution in [0.5, 0.6) is 0 Å². The Labute approximate surface area is 170 Å². The van der Waals surface area contributed by atoms with E-state index in [-0.39, 0.29) is 11.8 Å². The van der Waals surface area contributed by atoms with Crippen LogP contribution in [-0.4, -0.2) is 58.0 Å². The number of nitrogens with one attached hydrogen (secondary N) is 1. The van der Waals surface area contributed by atoms with Gasteiger partial charge in [-0.2, -0.15) is 0 Å². The van der Waals surface area contributed by atoms with Crippen LogP contribution < -0.4 is 5.32 Å². The lowest BCUT2D eigenvalue weighted by Gasteiger charge is -2.33. The molecular weight excluding hydrogens is 394 g/mol. The van der Waals surface area contributed by atoms with Gasteiger partial charge in [-0.15, -0.1) is 21.5 Å². The summed E-state index contributed by atoms with van der Waals surface area (Å²) in [5, 5.41) is 14.1. The third kappa shape index (κ3) is 4.44. The van der Waals surface area contributed by atoms with Gasteiger partial charge in [-0.05, 0) is 23.6 Å². The average Bonchev–Trinajstić information content (AvgIpc) is 3.41. The van der Waals surface area contributed by atoms with E-state index in [0.29, 0.717) is 24.6 Å². The first-order valence-corrected chi connectivity index (χ1v) is 10.6. The van der Waals surface area contributed by atoms with E-state index < -0.39 is 0 Å². The number of rotatable bonds is 5. The van der Waals surface area contributed by atoms with Gasteiger partial charge < -0.3 is 10.2 Å². The van der Waals surface area contributed by atoms with Gasteiger partial charge in [0.25, 0.3) is 11.8 Å². The van der Waals surface area contributed by atoms with Crippen LogP contribution in [0.3, 0.4) is 0 Å². The summed E-state index contributed by atoms with van der Waals surface area (Å²) in [6.45, 7) is 3.58. The molecule has 0 unspecified atom stereocenters. The number of aromatic nitrogens is 2. The standard InChI is InChI=1S/C19H19N5O2S2/c25-17(20-14-5-2-1-3-6-14)18-22-21-16(28-18)13-23-8-10-24(11-9-23)19(26)15-7-4-12-27-15/h1-7,12H,8-11,13H2,(H,20,25). The molecule has 0 atom stereocenters. The quantitative estimate of drug-likeness (QED) is 0.696. The predicted molar refractivity (Wildman–Crippen MR) is 110 cm³/mol. The molecule has 3 aromatic rings. The Bertz CT molecular complexity index is 934. The van der Waals surface area contributed by atoms with Crippen molar-refractivity contribution in [2.45, 2.75) is 6.54 Å². The molecule has 1 saturated heterocycles. The minimum Gasteiger partial charge on any atom is -0.335 e. The van der Waals surface area contributed by atoms with E-state index in [2.05, 4.69) is 20.4 Å². The molecule has 1 fully saturated rings. The highest BCUT2D eigenvalue weighted by atomic mass is 32.1. The molecule has 1 N–H and O–H groups in total. The van der Waals surface area contributed by atoms with Gasteiger partial charge in [-0.25, -0.2) is 0 Å². The van der Waals surface area contributed by atoms with Crippen LogP contribution in [0.15, 0.2) is 47.8 Å². The summed E-state index contributed by atoms with van der Waals surface area (Å²) in [5.41, 5.74) is 0.732. The monoisotopic (exact) mass is 413 g/mol. The minimum absolute atomic E-state index is 0.102. The first-order chi connectivity index (χ1) is 13.7. The van der Waals surface area contributed by atoms with Gasteiger partial charge in [-0.1, -0.05) is 35.6 Å². The number of amides is 2. The maximum Gasteiger partial charge on any atom is 0.286 e. The lowest BCUT2D eigenvalue weighted by Crippen LogP contribution is -2.48. The third-order valence-corrected chi connectivity index (χ3v) is 6.21. The molecule has 7 nitrogen and oxygen atoms in total. The van der Waals surface area contributed by atoms with Gasteiger partial charge in [0.05, 0.1) is 11.4 Å². The van der Waals surface area contributed by atoms with Gasteiger partial charge in [-0.3, -0.25) is 14.5 Å². The number of thiophene rings is 1. The average molecular weight is 414 g/mol. The van der Waals surface area contributed by atoms with Crippen molar-refractivity contribution in [3.63, 3.8) is 0 Å². The summed E-state index contributed by atoms with van der Waals surface area (Å²) in [6.07, 6.45) is 0. The number of para-hydroxylation sites is 1. The number of anilines is 1. The van der Waals surface area contributed by atoms with Gasteiger partial charge in [0.2, 0.25) is 5.01 Å². The van der Waals surface area contributed by atoms with Gasteiger partial charge in [0, 0.05) is 31.9 Å². The molecule has 9 heteroatoms. The maximum atomic E-state index is 12.4. The number of hydrogen-bond acceptors (Lipinski definition) is 7. The summed E-state index contributed by atoms with van der Waals surface area (Å²) in [4.78, 5) is 29.6. The van der Waals surface area contributed by atoms with Crippen molar-refractivity contribution in [3.8, 4) is 0 Å². The molecule has 0 radical (unpaired) electrons. The van der Waals surface area contributed by atoms with Crippen molar-refractivity contribution in [2.24, 2.45) is 0 Å². The zero-order valence-electron chi connectivity index (χ0n) is 15.1. The summed E-state index contributed by atoms with van der Waals surface area (Å²) in [5.74, 6) is -0.147. The molecule has 2 amide bonds. The Balaban J connectivity index is 1.29. The van der Waals surface area contributed by atoms with E-state index in [4.69, 9.17) is 0 Å². The smallest absolute Gasteiger partial charge is 0.286 e. The highest BCUT2D eigenvalue weighted by molar-refractivity contribution is 7.13. The van der Waals surface area contributed by atoms with E-state index in [9.17, 15) is 9.59 Å². The lowest BCUT2D eigenvalue weighted by atomic mass is 10.3. The molecule has 1 aliphatic rings. The molecule has 2 aromatic heterocycles. The second kappa shape index (κ2) is 8.59. The summed E-state index contributed by atoms with van der Waals surface area (Å²) in [6, 6.07) is 13.0. The van der Waals surface area contributed by atoms with E-state index >= 15 is 0 Å². The first kappa shape index (κ1) is 18.7. The van der Waals surface area contributed by atoms with Crippen molar-refractivity contribution in [1.29, 1.82) is 0 Å². The summed E-state index contributed by atoms with van der Waals surface area (Å²) in [7, 11) is 0. The molecule has 0 spiro atoms. The van der Waals surface area contributed by atoms with E-state index in [1.807, 2.05) is 52.7 Å². The van der Waals surface area contributed by atoms with Crippen LogP contribution in [0, 0.1) is 0 Å². The van der Waals surface area contributed by atoms with Crippen molar-refractivity contribution >= 4 is 40.2 Å². The molecule has 0 bridgehead atoms. The largest absolute Gasteiger partial charge is 0.335 e. The molecule has 1 aromatic carbocycles. The minimum atomic E-state index is -0.249. The normalized spacial score (nSPS) is 14.8. The van der Waals surface area contributed by atoms with Gasteiger partial charge in [0.1, 0.15) is 5.01 Å². The molecule has 0 saturated carbocycles. The molecule has 0 aliphatic carbocycles. The maximum absolute atomic E-state index is 12.4. The van der Waals surface area contributed by atoms with Crippen molar-refractivity contribution < 1.29 is 9.59 Å². The number of piperazine rings is 1. The topological polar surface area (TPSA) is 78.4 Å².